The molecule has 1 amide bonds. The lowest BCUT2D eigenvalue weighted by Gasteiger charge is -2.58. The van der Waals surface area contributed by atoms with E-state index in [0.717, 1.165) is 38.8 Å². The number of nitrogens with zero attached hydrogens (tertiary/aromatic N) is 1. The zero-order valence-corrected chi connectivity index (χ0v) is 15.0. The summed E-state index contributed by atoms with van der Waals surface area (Å²) < 4.78 is 0. The van der Waals surface area contributed by atoms with Crippen molar-refractivity contribution in [3.05, 3.63) is 11.6 Å². The van der Waals surface area contributed by atoms with Crippen LogP contribution in [0.25, 0.3) is 0 Å². The minimum Gasteiger partial charge on any atom is -0.393 e. The number of hydrogen-bond donors (Lipinski definition) is 1. The van der Waals surface area contributed by atoms with Crippen LogP contribution < -0.4 is 0 Å². The lowest BCUT2D eigenvalue weighted by Crippen LogP contribution is -2.56. The summed E-state index contributed by atoms with van der Waals surface area (Å²) >= 11 is 0. The molecule has 3 unspecified atom stereocenters. The summed E-state index contributed by atoms with van der Waals surface area (Å²) in [6.45, 7) is 7.81. The highest BCUT2D eigenvalue weighted by Gasteiger charge is 2.61. The van der Waals surface area contributed by atoms with Crippen molar-refractivity contribution in [3.63, 3.8) is 0 Å². The number of aliphatic hydroxyl groups excluding tert-OH is 1. The largest absolute Gasteiger partial charge is 0.393 e. The molecular weight excluding hydrogens is 302 g/mol. The summed E-state index contributed by atoms with van der Waals surface area (Å²) in [5.41, 5.74) is 1.26. The molecule has 1 saturated heterocycles. The lowest BCUT2D eigenvalue weighted by molar-refractivity contribution is -0.128. The molecule has 0 radical (unpaired) electrons. The zero-order valence-electron chi connectivity index (χ0n) is 15.0. The van der Waals surface area contributed by atoms with E-state index < -0.39 is 0 Å². The first-order valence-corrected chi connectivity index (χ1v) is 9.42. The van der Waals surface area contributed by atoms with Crippen molar-refractivity contribution >= 4 is 11.7 Å². The maximum absolute atomic E-state index is 11.9. The van der Waals surface area contributed by atoms with Gasteiger partial charge in [0.15, 0.2) is 5.78 Å². The summed E-state index contributed by atoms with van der Waals surface area (Å²) in [5.74, 6) is 1.57. The van der Waals surface area contributed by atoms with Crippen LogP contribution >= 0.6 is 0 Å². The van der Waals surface area contributed by atoms with Gasteiger partial charge in [0.25, 0.3) is 0 Å². The summed E-state index contributed by atoms with van der Waals surface area (Å²) in [7, 11) is 0. The lowest BCUT2D eigenvalue weighted by atomic mass is 9.46. The monoisotopic (exact) mass is 331 g/mol. The molecule has 4 aliphatic rings. The van der Waals surface area contributed by atoms with Crippen LogP contribution in [0.4, 0.5) is 0 Å². The van der Waals surface area contributed by atoms with Gasteiger partial charge in [0.05, 0.1) is 6.10 Å². The Kier molecular flexibility index (Phi) is 3.51. The van der Waals surface area contributed by atoms with E-state index in [1.54, 1.807) is 6.92 Å². The Morgan fingerprint density at radius 3 is 2.79 bits per heavy atom. The molecule has 3 fully saturated rings. The van der Waals surface area contributed by atoms with E-state index in [2.05, 4.69) is 13.8 Å². The van der Waals surface area contributed by atoms with Crippen molar-refractivity contribution in [2.75, 3.05) is 13.1 Å². The first-order chi connectivity index (χ1) is 11.2. The van der Waals surface area contributed by atoms with E-state index in [9.17, 15) is 14.7 Å². The van der Waals surface area contributed by atoms with Gasteiger partial charge in [-0.2, -0.15) is 0 Å². The SMILES string of the molecule is CC(=O)N1CC2C3CCC4=CC(=O)CC[C@]4(C)C3[C@@H](O)C[C@]2(C)C1. The van der Waals surface area contributed by atoms with Crippen LogP contribution in [0.1, 0.15) is 52.9 Å². The first-order valence-electron chi connectivity index (χ1n) is 9.42. The van der Waals surface area contributed by atoms with Gasteiger partial charge >= 0.3 is 0 Å². The molecule has 1 aliphatic heterocycles. The second kappa shape index (κ2) is 5.17. The molecule has 24 heavy (non-hydrogen) atoms. The fourth-order valence-electron chi connectivity index (χ4n) is 6.64. The van der Waals surface area contributed by atoms with E-state index in [1.807, 2.05) is 11.0 Å². The number of rotatable bonds is 0. The summed E-state index contributed by atoms with van der Waals surface area (Å²) in [5, 5.41) is 11.1. The van der Waals surface area contributed by atoms with Crippen LogP contribution in [0.3, 0.4) is 0 Å². The molecule has 0 spiro atoms. The molecule has 4 nitrogen and oxygen atoms in total. The molecule has 2 saturated carbocycles. The topological polar surface area (TPSA) is 57.6 Å². The van der Waals surface area contributed by atoms with E-state index >= 15 is 0 Å². The fourth-order valence-corrected chi connectivity index (χ4v) is 6.64. The van der Waals surface area contributed by atoms with Gasteiger partial charge in [0, 0.05) is 26.4 Å². The van der Waals surface area contributed by atoms with E-state index in [-0.39, 0.29) is 34.5 Å². The minimum atomic E-state index is -0.329. The zero-order chi connectivity index (χ0) is 17.3. The molecule has 4 heteroatoms. The standard InChI is InChI=1S/C20H29NO3/c1-12(22)21-10-16-15-5-4-13-8-14(23)6-7-20(13,3)18(15)17(24)9-19(16,2)11-21/h8,15-18,24H,4-7,9-11H2,1-3H3/t15?,16?,17-,18?,19+,20-/m0/s1. The van der Waals surface area contributed by atoms with Crippen molar-refractivity contribution in [2.24, 2.45) is 28.6 Å². The van der Waals surface area contributed by atoms with Crippen LogP contribution in [0.15, 0.2) is 11.6 Å². The molecule has 1 N–H and O–H groups in total. The highest BCUT2D eigenvalue weighted by atomic mass is 16.3. The van der Waals surface area contributed by atoms with Crippen molar-refractivity contribution in [2.45, 2.75) is 59.0 Å². The van der Waals surface area contributed by atoms with Gasteiger partial charge in [-0.05, 0) is 60.3 Å². The molecule has 0 aromatic rings. The summed E-state index contributed by atoms with van der Waals surface area (Å²) in [6.07, 6.45) is 5.82. The number of carbonyl (C=O) groups excluding carboxylic acids is 2. The first kappa shape index (κ1) is 16.3. The van der Waals surface area contributed by atoms with E-state index in [1.165, 1.54) is 5.57 Å². The van der Waals surface area contributed by atoms with Gasteiger partial charge in [-0.3, -0.25) is 9.59 Å². The van der Waals surface area contributed by atoms with Gasteiger partial charge < -0.3 is 10.0 Å². The van der Waals surface area contributed by atoms with Crippen molar-refractivity contribution in [3.8, 4) is 0 Å². The molecule has 1 heterocycles. The third-order valence-corrected chi connectivity index (χ3v) is 7.82. The van der Waals surface area contributed by atoms with Crippen LogP contribution in [-0.2, 0) is 9.59 Å². The summed E-state index contributed by atoms with van der Waals surface area (Å²) in [4.78, 5) is 25.8. The number of fused-ring (bicyclic) bond motifs is 5. The Hall–Kier alpha value is -1.16. The highest BCUT2D eigenvalue weighted by Crippen LogP contribution is 2.62. The Morgan fingerprint density at radius 2 is 2.08 bits per heavy atom. The van der Waals surface area contributed by atoms with E-state index in [0.29, 0.717) is 18.3 Å². The number of hydrogen-bond acceptors (Lipinski definition) is 3. The molecule has 6 atom stereocenters. The maximum Gasteiger partial charge on any atom is 0.219 e. The number of amides is 1. The van der Waals surface area contributed by atoms with Gasteiger partial charge in [-0.25, -0.2) is 0 Å². The Balaban J connectivity index is 1.71. The number of allylic oxidation sites excluding steroid dienone is 2. The minimum absolute atomic E-state index is 0.0360. The van der Waals surface area contributed by atoms with Crippen molar-refractivity contribution in [1.82, 2.24) is 4.90 Å². The second-order valence-electron chi connectivity index (χ2n) is 9.21. The molecule has 0 aromatic heterocycles. The number of likely N-dealkylation sites (tertiary alicyclic amines) is 1. The second-order valence-corrected chi connectivity index (χ2v) is 9.21. The average Bonchev–Trinajstić information content (AvgIpc) is 2.85. The Morgan fingerprint density at radius 1 is 1.33 bits per heavy atom. The predicted molar refractivity (Wildman–Crippen MR) is 91.1 cm³/mol. The Bertz CT molecular complexity index is 626. The normalized spacial score (nSPS) is 47.6. The molecular formula is C20H29NO3. The third-order valence-electron chi connectivity index (χ3n) is 7.82. The van der Waals surface area contributed by atoms with Crippen LogP contribution in [0.5, 0.6) is 0 Å². The van der Waals surface area contributed by atoms with Gasteiger partial charge in [0.2, 0.25) is 5.91 Å². The van der Waals surface area contributed by atoms with Crippen LogP contribution in [0.2, 0.25) is 0 Å². The number of ketones is 1. The number of aliphatic hydroxyl groups is 1. The maximum atomic E-state index is 11.9. The van der Waals surface area contributed by atoms with Gasteiger partial charge in [0.1, 0.15) is 0 Å². The molecule has 132 valence electrons. The summed E-state index contributed by atoms with van der Waals surface area (Å²) in [6, 6.07) is 0. The Labute approximate surface area is 144 Å². The average molecular weight is 331 g/mol. The smallest absolute Gasteiger partial charge is 0.219 e. The van der Waals surface area contributed by atoms with Crippen molar-refractivity contribution in [1.29, 1.82) is 0 Å². The third kappa shape index (κ3) is 2.15. The van der Waals surface area contributed by atoms with Gasteiger partial charge in [-0.1, -0.05) is 19.4 Å². The van der Waals surface area contributed by atoms with Crippen LogP contribution in [0, 0.1) is 28.6 Å². The molecule has 4 rings (SSSR count). The highest BCUT2D eigenvalue weighted by molar-refractivity contribution is 5.91. The fraction of sp³-hybridized carbons (Fsp3) is 0.800. The quantitative estimate of drug-likeness (QED) is 0.742. The molecule has 0 aromatic carbocycles. The molecule has 3 aliphatic carbocycles. The molecule has 0 bridgehead atoms. The van der Waals surface area contributed by atoms with E-state index in [4.69, 9.17) is 0 Å². The number of carbonyl (C=O) groups is 2. The van der Waals surface area contributed by atoms with Crippen LogP contribution in [-0.4, -0.2) is 40.9 Å². The van der Waals surface area contributed by atoms with Crippen molar-refractivity contribution < 1.29 is 14.7 Å². The predicted octanol–water partition coefficient (Wildman–Crippen LogP) is 2.56. The van der Waals surface area contributed by atoms with Gasteiger partial charge in [-0.15, -0.1) is 0 Å².